The minimum absolute atomic E-state index is 0. The molecule has 1 radical (unpaired) electrons. The van der Waals surface area contributed by atoms with Crippen LogP contribution in [-0.4, -0.2) is 9.97 Å². The fourth-order valence-electron chi connectivity index (χ4n) is 0.658. The molecule has 2 heterocycles. The molecule has 5 heteroatoms. The Morgan fingerprint density at radius 3 is 1.64 bits per heavy atom. The molecule has 0 aliphatic heterocycles. The first-order valence-corrected chi connectivity index (χ1v) is 4.52. The molecule has 0 saturated carbocycles. The maximum absolute atomic E-state index is 4.13. The first kappa shape index (κ1) is 8.87. The van der Waals surface area contributed by atoms with Crippen molar-refractivity contribution in [1.82, 2.24) is 9.97 Å². The third-order valence-corrected chi connectivity index (χ3v) is 2.74. The molecule has 0 aliphatic carbocycles. The molecule has 0 saturated heterocycles. The summed E-state index contributed by atoms with van der Waals surface area (Å²) in [5.74, 6) is 0. The minimum atomic E-state index is 0. The smallest absolute Gasteiger partial charge is 0.152 e. The van der Waals surface area contributed by atoms with Gasteiger partial charge < -0.3 is 0 Å². The summed E-state index contributed by atoms with van der Waals surface area (Å²) in [6.45, 7) is 0. The van der Waals surface area contributed by atoms with Gasteiger partial charge in [-0.3, -0.25) is 0 Å². The summed E-state index contributed by atoms with van der Waals surface area (Å²) >= 11 is 3.23. The van der Waals surface area contributed by atoms with Crippen molar-refractivity contribution in [2.24, 2.45) is 0 Å². The van der Waals surface area contributed by atoms with E-state index in [-0.39, 0.29) is 17.1 Å². The maximum Gasteiger partial charge on any atom is 0.152 e. The molecule has 2 aromatic rings. The predicted molar refractivity (Wildman–Crippen MR) is 43.2 cm³/mol. The molecular weight excluding hydrogens is 228 g/mol. The van der Waals surface area contributed by atoms with E-state index >= 15 is 0 Å². The first-order valence-electron chi connectivity index (χ1n) is 2.76. The van der Waals surface area contributed by atoms with E-state index in [9.17, 15) is 0 Å². The third-order valence-electron chi connectivity index (χ3n) is 1.05. The average Bonchev–Trinajstić information content (AvgIpc) is 2.59. The second-order valence-corrected chi connectivity index (χ2v) is 3.46. The Hall–Kier alpha value is -0.221. The van der Waals surface area contributed by atoms with Crippen LogP contribution in [0.25, 0.3) is 10.0 Å². The number of nitrogens with zero attached hydrogens (tertiary/aromatic N) is 2. The van der Waals surface area contributed by atoms with Crippen LogP contribution >= 0.6 is 22.7 Å². The molecule has 0 aliphatic rings. The number of hydrogen-bond donors (Lipinski definition) is 0. The Morgan fingerprint density at radius 2 is 1.36 bits per heavy atom. The Labute approximate surface area is 82.8 Å². The number of thiazole rings is 2. The molecule has 2 aromatic heterocycles. The van der Waals surface area contributed by atoms with Crippen LogP contribution in [0.15, 0.2) is 23.2 Å². The van der Waals surface area contributed by atoms with Gasteiger partial charge in [0.25, 0.3) is 0 Å². The standard InChI is InChI=1S/C6H4N2S2.Cu/c1-3-9-5(7-1)6-8-2-4-10-6;/h1-4H;. The van der Waals surface area contributed by atoms with Crippen molar-refractivity contribution in [1.29, 1.82) is 0 Å². The van der Waals surface area contributed by atoms with Gasteiger partial charge in [0, 0.05) is 40.2 Å². The number of hydrogen-bond acceptors (Lipinski definition) is 4. The molecule has 0 bridgehead atoms. The Morgan fingerprint density at radius 1 is 0.909 bits per heavy atom. The summed E-state index contributed by atoms with van der Waals surface area (Å²) in [6, 6.07) is 0. The topological polar surface area (TPSA) is 25.8 Å². The Bertz CT molecular complexity index is 258. The fraction of sp³-hybridized carbons (Fsp3) is 0. The van der Waals surface area contributed by atoms with E-state index in [1.807, 2.05) is 10.8 Å². The maximum atomic E-state index is 4.13. The largest absolute Gasteiger partial charge is 0.242 e. The molecule has 0 spiro atoms. The van der Waals surface area contributed by atoms with Crippen LogP contribution in [0.5, 0.6) is 0 Å². The second-order valence-electron chi connectivity index (χ2n) is 1.67. The number of aromatic nitrogens is 2. The molecule has 0 aromatic carbocycles. The van der Waals surface area contributed by atoms with Crippen LogP contribution < -0.4 is 0 Å². The second kappa shape index (κ2) is 3.97. The molecule has 0 fully saturated rings. The molecule has 0 N–H and O–H groups in total. The summed E-state index contributed by atoms with van der Waals surface area (Å²) in [5.41, 5.74) is 0. The normalized spacial score (nSPS) is 9.09. The van der Waals surface area contributed by atoms with Gasteiger partial charge in [0.15, 0.2) is 10.0 Å². The van der Waals surface area contributed by atoms with Crippen LogP contribution in [-0.2, 0) is 17.1 Å². The van der Waals surface area contributed by atoms with Crippen molar-refractivity contribution in [3.63, 3.8) is 0 Å². The minimum Gasteiger partial charge on any atom is -0.242 e. The van der Waals surface area contributed by atoms with E-state index in [4.69, 9.17) is 0 Å². The quantitative estimate of drug-likeness (QED) is 0.704. The van der Waals surface area contributed by atoms with Gasteiger partial charge in [-0.2, -0.15) is 0 Å². The summed E-state index contributed by atoms with van der Waals surface area (Å²) in [4.78, 5) is 8.25. The van der Waals surface area contributed by atoms with Gasteiger partial charge in [0.2, 0.25) is 0 Å². The van der Waals surface area contributed by atoms with Crippen molar-refractivity contribution < 1.29 is 17.1 Å². The van der Waals surface area contributed by atoms with Crippen LogP contribution in [0.4, 0.5) is 0 Å². The monoisotopic (exact) mass is 231 g/mol. The van der Waals surface area contributed by atoms with Gasteiger partial charge in [-0.1, -0.05) is 0 Å². The number of rotatable bonds is 1. The third kappa shape index (κ3) is 1.87. The zero-order valence-electron chi connectivity index (χ0n) is 5.32. The zero-order chi connectivity index (χ0) is 6.81. The van der Waals surface area contributed by atoms with Gasteiger partial charge in [-0.25, -0.2) is 9.97 Å². The first-order chi connectivity index (χ1) is 4.97. The summed E-state index contributed by atoms with van der Waals surface area (Å²) in [7, 11) is 0. The average molecular weight is 232 g/mol. The molecule has 0 unspecified atom stereocenters. The van der Waals surface area contributed by atoms with Gasteiger partial charge in [0.05, 0.1) is 0 Å². The van der Waals surface area contributed by atoms with Crippen molar-refractivity contribution in [2.45, 2.75) is 0 Å². The van der Waals surface area contributed by atoms with E-state index in [0.717, 1.165) is 10.0 Å². The molecule has 0 atom stereocenters. The molecule has 2 rings (SSSR count). The van der Waals surface area contributed by atoms with Crippen LogP contribution in [0.2, 0.25) is 0 Å². The van der Waals surface area contributed by atoms with Crippen molar-refractivity contribution in [2.75, 3.05) is 0 Å². The van der Waals surface area contributed by atoms with Gasteiger partial charge in [0.1, 0.15) is 0 Å². The van der Waals surface area contributed by atoms with Gasteiger partial charge in [-0.15, -0.1) is 22.7 Å². The Kier molecular flexibility index (Phi) is 3.20. The summed E-state index contributed by atoms with van der Waals surface area (Å²) in [6.07, 6.45) is 3.59. The van der Waals surface area contributed by atoms with Crippen molar-refractivity contribution in [3.05, 3.63) is 23.2 Å². The predicted octanol–water partition coefficient (Wildman–Crippen LogP) is 2.26. The Balaban J connectivity index is 0.000000605. The van der Waals surface area contributed by atoms with E-state index in [1.165, 1.54) is 0 Å². The molecular formula is C6H4CuN2S2. The van der Waals surface area contributed by atoms with E-state index in [0.29, 0.717) is 0 Å². The molecule has 61 valence electrons. The fourth-order valence-corrected chi connectivity index (χ4v) is 2.00. The van der Waals surface area contributed by atoms with E-state index < -0.39 is 0 Å². The molecule has 0 amide bonds. The molecule has 11 heavy (non-hydrogen) atoms. The van der Waals surface area contributed by atoms with Crippen LogP contribution in [0.1, 0.15) is 0 Å². The molecule has 2 nitrogen and oxygen atoms in total. The zero-order valence-corrected chi connectivity index (χ0v) is 7.90. The van der Waals surface area contributed by atoms with Gasteiger partial charge >= 0.3 is 0 Å². The van der Waals surface area contributed by atoms with Gasteiger partial charge in [-0.05, 0) is 0 Å². The van der Waals surface area contributed by atoms with Crippen molar-refractivity contribution >= 4 is 22.7 Å². The summed E-state index contributed by atoms with van der Waals surface area (Å²) < 4.78 is 0. The van der Waals surface area contributed by atoms with E-state index in [2.05, 4.69) is 9.97 Å². The SMILES string of the molecule is [Cu].c1csc(-c2nccs2)n1. The summed E-state index contributed by atoms with van der Waals surface area (Å²) in [5, 5.41) is 5.93. The van der Waals surface area contributed by atoms with Crippen molar-refractivity contribution in [3.8, 4) is 10.0 Å². The van der Waals surface area contributed by atoms with E-state index in [1.54, 1.807) is 35.1 Å². The van der Waals surface area contributed by atoms with Crippen LogP contribution in [0, 0.1) is 0 Å². The van der Waals surface area contributed by atoms with Crippen LogP contribution in [0.3, 0.4) is 0 Å².